The second-order valence-electron chi connectivity index (χ2n) is 9.23. The largest absolute Gasteiger partial charge is 0.416 e. The summed E-state index contributed by atoms with van der Waals surface area (Å²) in [5.74, 6) is 0. The van der Waals surface area contributed by atoms with E-state index in [1.165, 1.54) is 23.5 Å². The predicted octanol–water partition coefficient (Wildman–Crippen LogP) is 8.50. The van der Waals surface area contributed by atoms with E-state index in [-0.39, 0.29) is 5.56 Å². The molecule has 0 unspecified atom stereocenters. The quantitative estimate of drug-likeness (QED) is 0.254. The minimum atomic E-state index is -4.40. The van der Waals surface area contributed by atoms with Crippen LogP contribution >= 0.6 is 11.3 Å². The minimum absolute atomic E-state index is 0.165. The Morgan fingerprint density at radius 3 is 2.19 bits per heavy atom. The number of benzene rings is 2. The van der Waals surface area contributed by atoms with Gasteiger partial charge in [-0.05, 0) is 74.6 Å². The number of aromatic nitrogens is 2. The van der Waals surface area contributed by atoms with E-state index < -0.39 is 11.7 Å². The number of hydrogen-bond donors (Lipinski definition) is 0. The van der Waals surface area contributed by atoms with E-state index in [4.69, 9.17) is 0 Å². The summed E-state index contributed by atoms with van der Waals surface area (Å²) in [4.78, 5) is 18.8. The third kappa shape index (κ3) is 5.32. The smallest absolute Gasteiger partial charge is 0.276 e. The number of aryl methyl sites for hydroxylation is 3. The Balaban J connectivity index is 1.92. The summed E-state index contributed by atoms with van der Waals surface area (Å²) >= 11 is 1.31. The van der Waals surface area contributed by atoms with Crippen LogP contribution in [-0.2, 0) is 19.0 Å². The third-order valence-corrected chi connectivity index (χ3v) is 7.17. The van der Waals surface area contributed by atoms with E-state index in [1.54, 1.807) is 5.38 Å². The lowest BCUT2D eigenvalue weighted by Gasteiger charge is -2.21. The van der Waals surface area contributed by atoms with E-state index in [0.29, 0.717) is 21.8 Å². The number of thiazole rings is 1. The Kier molecular flexibility index (Phi) is 7.55. The Hall–Kier alpha value is -3.45. The first-order valence-corrected chi connectivity index (χ1v) is 13.1. The Bertz CT molecular complexity index is 1500. The summed E-state index contributed by atoms with van der Waals surface area (Å²) in [6.45, 7) is 10.2. The molecule has 7 heteroatoms. The highest BCUT2D eigenvalue weighted by Gasteiger charge is 2.30. The summed E-state index contributed by atoms with van der Waals surface area (Å²) in [5, 5.41) is 2.31. The van der Waals surface area contributed by atoms with Gasteiger partial charge in [0.15, 0.2) is 0 Å². The molecule has 0 saturated carbocycles. The van der Waals surface area contributed by atoms with E-state index >= 15 is 0 Å². The fourth-order valence-corrected chi connectivity index (χ4v) is 5.28. The first kappa shape index (κ1) is 26.6. The van der Waals surface area contributed by atoms with Crippen molar-refractivity contribution in [3.8, 4) is 27.5 Å². The van der Waals surface area contributed by atoms with Crippen LogP contribution in [0.1, 0.15) is 55.6 Å². The highest BCUT2D eigenvalue weighted by Crippen LogP contribution is 2.33. The van der Waals surface area contributed by atoms with E-state index in [2.05, 4.69) is 31.0 Å². The standard InChI is InChI=1S/C30H29F3N2OS/c1-6-20-9-8-10-21(7-2)27(20)35-26(15-18(3)4)19(5)16-24(29(35)36)28-34-25(17-37-28)22-11-13-23(14-12-22)30(31,32)33/h8-17H,6-7H2,1-5H3. The van der Waals surface area contributed by atoms with Crippen molar-refractivity contribution in [3.63, 3.8) is 0 Å². The van der Waals surface area contributed by atoms with Crippen molar-refractivity contribution in [3.05, 3.63) is 97.8 Å². The second kappa shape index (κ2) is 10.5. The molecule has 0 saturated heterocycles. The molecule has 2 aromatic heterocycles. The SMILES string of the molecule is CCc1cccc(CC)c1-n1c(C=C(C)C)c(C)cc(-c2nc(-c3ccc(C(F)(F)F)cc3)cs2)c1=O. The average Bonchev–Trinajstić information content (AvgIpc) is 3.35. The maximum atomic E-state index is 14.1. The lowest BCUT2D eigenvalue weighted by atomic mass is 10.0. The van der Waals surface area contributed by atoms with Crippen LogP contribution in [0, 0.1) is 6.92 Å². The molecule has 0 radical (unpaired) electrons. The van der Waals surface area contributed by atoms with Crippen LogP contribution in [0.4, 0.5) is 13.2 Å². The topological polar surface area (TPSA) is 34.9 Å². The molecule has 0 spiro atoms. The fraction of sp³-hybridized carbons (Fsp3) is 0.267. The summed E-state index contributed by atoms with van der Waals surface area (Å²) in [6.07, 6.45) is -0.805. The number of halogens is 3. The van der Waals surface area contributed by atoms with Gasteiger partial charge < -0.3 is 0 Å². The molecule has 0 N–H and O–H groups in total. The molecule has 192 valence electrons. The van der Waals surface area contributed by atoms with Gasteiger partial charge in [0.05, 0.1) is 28.2 Å². The van der Waals surface area contributed by atoms with Crippen molar-refractivity contribution >= 4 is 17.4 Å². The number of alkyl halides is 3. The number of hydrogen-bond acceptors (Lipinski definition) is 3. The number of para-hydroxylation sites is 1. The third-order valence-electron chi connectivity index (χ3n) is 6.30. The highest BCUT2D eigenvalue weighted by molar-refractivity contribution is 7.13. The Morgan fingerprint density at radius 1 is 1.03 bits per heavy atom. The van der Waals surface area contributed by atoms with Crippen molar-refractivity contribution in [2.24, 2.45) is 0 Å². The van der Waals surface area contributed by atoms with Crippen LogP contribution in [0.2, 0.25) is 0 Å². The summed E-state index contributed by atoms with van der Waals surface area (Å²) in [5.41, 5.74) is 6.65. The molecule has 4 rings (SSSR count). The van der Waals surface area contributed by atoms with E-state index in [0.717, 1.165) is 58.6 Å². The van der Waals surface area contributed by atoms with Crippen LogP contribution in [0.5, 0.6) is 0 Å². The molecule has 37 heavy (non-hydrogen) atoms. The molecule has 0 aliphatic heterocycles. The first-order chi connectivity index (χ1) is 17.5. The fourth-order valence-electron chi connectivity index (χ4n) is 4.45. The van der Waals surface area contributed by atoms with Crippen LogP contribution in [0.3, 0.4) is 0 Å². The molecule has 4 aromatic rings. The van der Waals surface area contributed by atoms with Gasteiger partial charge in [-0.15, -0.1) is 11.3 Å². The zero-order chi connectivity index (χ0) is 26.9. The van der Waals surface area contributed by atoms with Gasteiger partial charge in [-0.3, -0.25) is 9.36 Å². The van der Waals surface area contributed by atoms with Gasteiger partial charge in [0.25, 0.3) is 5.56 Å². The average molecular weight is 523 g/mol. The van der Waals surface area contributed by atoms with Crippen LogP contribution in [-0.4, -0.2) is 9.55 Å². The number of nitrogens with zero attached hydrogens (tertiary/aromatic N) is 2. The molecular weight excluding hydrogens is 493 g/mol. The Labute approximate surface area is 219 Å². The van der Waals surface area contributed by atoms with Crippen LogP contribution < -0.4 is 5.56 Å². The van der Waals surface area contributed by atoms with Crippen molar-refractivity contribution in [1.82, 2.24) is 9.55 Å². The van der Waals surface area contributed by atoms with Crippen molar-refractivity contribution in [1.29, 1.82) is 0 Å². The molecule has 0 amide bonds. The molecule has 0 aliphatic rings. The van der Waals surface area contributed by atoms with Crippen molar-refractivity contribution < 1.29 is 13.2 Å². The molecule has 0 fully saturated rings. The maximum absolute atomic E-state index is 14.1. The van der Waals surface area contributed by atoms with Gasteiger partial charge in [0, 0.05) is 10.9 Å². The monoisotopic (exact) mass is 522 g/mol. The van der Waals surface area contributed by atoms with Crippen LogP contribution in [0.15, 0.2) is 64.3 Å². The lowest BCUT2D eigenvalue weighted by Crippen LogP contribution is -2.25. The molecule has 0 bridgehead atoms. The van der Waals surface area contributed by atoms with Crippen molar-refractivity contribution in [2.75, 3.05) is 0 Å². The van der Waals surface area contributed by atoms with Gasteiger partial charge >= 0.3 is 6.18 Å². The van der Waals surface area contributed by atoms with Gasteiger partial charge in [-0.2, -0.15) is 13.2 Å². The lowest BCUT2D eigenvalue weighted by molar-refractivity contribution is -0.137. The number of allylic oxidation sites excluding steroid dienone is 1. The molecule has 2 aromatic carbocycles. The van der Waals surface area contributed by atoms with E-state index in [9.17, 15) is 18.0 Å². The molecule has 3 nitrogen and oxygen atoms in total. The summed E-state index contributed by atoms with van der Waals surface area (Å²) in [7, 11) is 0. The Morgan fingerprint density at radius 2 is 1.65 bits per heavy atom. The molecular formula is C30H29F3N2OS. The predicted molar refractivity (Wildman–Crippen MR) is 146 cm³/mol. The van der Waals surface area contributed by atoms with Gasteiger partial charge in [-0.1, -0.05) is 49.8 Å². The number of pyridine rings is 1. The van der Waals surface area contributed by atoms with Gasteiger partial charge in [-0.25, -0.2) is 4.98 Å². The highest BCUT2D eigenvalue weighted by atomic mass is 32.1. The van der Waals surface area contributed by atoms with E-state index in [1.807, 2.05) is 43.5 Å². The first-order valence-electron chi connectivity index (χ1n) is 12.2. The number of rotatable bonds is 6. The molecule has 0 aliphatic carbocycles. The molecule has 2 heterocycles. The zero-order valence-corrected chi connectivity index (χ0v) is 22.3. The van der Waals surface area contributed by atoms with Crippen molar-refractivity contribution in [2.45, 2.75) is 53.6 Å². The van der Waals surface area contributed by atoms with Gasteiger partial charge in [0.2, 0.25) is 0 Å². The summed E-state index contributed by atoms with van der Waals surface area (Å²) in [6, 6.07) is 12.9. The molecule has 0 atom stereocenters. The zero-order valence-electron chi connectivity index (χ0n) is 21.5. The van der Waals surface area contributed by atoms with Crippen LogP contribution in [0.25, 0.3) is 33.6 Å². The summed E-state index contributed by atoms with van der Waals surface area (Å²) < 4.78 is 40.7. The second-order valence-corrected chi connectivity index (χ2v) is 10.1. The maximum Gasteiger partial charge on any atom is 0.416 e. The minimum Gasteiger partial charge on any atom is -0.276 e. The normalized spacial score (nSPS) is 11.6. The van der Waals surface area contributed by atoms with Gasteiger partial charge in [0.1, 0.15) is 5.01 Å².